The molecule has 150 valence electrons. The molecule has 1 atom stereocenters. The van der Waals surface area contributed by atoms with Gasteiger partial charge in [0.25, 0.3) is 0 Å². The van der Waals surface area contributed by atoms with Gasteiger partial charge in [0.1, 0.15) is 0 Å². The monoisotopic (exact) mass is 381 g/mol. The molecule has 2 heterocycles. The molecule has 0 bridgehead atoms. The average molecular weight is 382 g/mol. The zero-order chi connectivity index (χ0) is 20.0. The third-order valence-electron chi connectivity index (χ3n) is 6.18. The minimum atomic E-state index is -0.481. The highest BCUT2D eigenvalue weighted by Crippen LogP contribution is 2.46. The molecule has 1 aromatic rings. The molecule has 2 aliphatic heterocycles. The SMILES string of the molecule is CC1=C(c2ccccc2)N(CCN2CCOCC2)C(=O)C1(C)CCCCC#N. The number of hydrogen-bond donors (Lipinski definition) is 0. The molecule has 0 aromatic heterocycles. The van der Waals surface area contributed by atoms with Crippen molar-refractivity contribution in [2.24, 2.45) is 5.41 Å². The summed E-state index contributed by atoms with van der Waals surface area (Å²) < 4.78 is 5.44. The number of ether oxygens (including phenoxy) is 1. The van der Waals surface area contributed by atoms with E-state index in [0.717, 1.165) is 68.9 Å². The molecule has 5 heteroatoms. The maximum absolute atomic E-state index is 13.5. The second-order valence-electron chi connectivity index (χ2n) is 7.95. The first-order valence-corrected chi connectivity index (χ1v) is 10.3. The van der Waals surface area contributed by atoms with Gasteiger partial charge in [-0.1, -0.05) is 36.8 Å². The van der Waals surface area contributed by atoms with Crippen LogP contribution in [0, 0.1) is 16.7 Å². The van der Waals surface area contributed by atoms with Crippen LogP contribution in [0.4, 0.5) is 0 Å². The van der Waals surface area contributed by atoms with Crippen molar-refractivity contribution < 1.29 is 9.53 Å². The largest absolute Gasteiger partial charge is 0.379 e. The van der Waals surface area contributed by atoms with Crippen LogP contribution in [0.5, 0.6) is 0 Å². The summed E-state index contributed by atoms with van der Waals surface area (Å²) >= 11 is 0. The maximum Gasteiger partial charge on any atom is 0.237 e. The predicted molar refractivity (Wildman–Crippen MR) is 110 cm³/mol. The normalized spacial score (nSPS) is 23.3. The highest BCUT2D eigenvalue weighted by molar-refractivity contribution is 6.00. The van der Waals surface area contributed by atoms with Gasteiger partial charge in [0.15, 0.2) is 0 Å². The van der Waals surface area contributed by atoms with Gasteiger partial charge in [0.05, 0.1) is 30.4 Å². The van der Waals surface area contributed by atoms with Gasteiger partial charge in [-0.2, -0.15) is 5.26 Å². The molecule has 0 saturated carbocycles. The fourth-order valence-corrected chi connectivity index (χ4v) is 4.25. The van der Waals surface area contributed by atoms with Gasteiger partial charge in [-0.25, -0.2) is 0 Å². The van der Waals surface area contributed by atoms with Crippen molar-refractivity contribution in [3.8, 4) is 6.07 Å². The Labute approximate surface area is 168 Å². The third-order valence-corrected chi connectivity index (χ3v) is 6.18. The molecule has 28 heavy (non-hydrogen) atoms. The summed E-state index contributed by atoms with van der Waals surface area (Å²) in [5.41, 5.74) is 2.85. The summed E-state index contributed by atoms with van der Waals surface area (Å²) in [4.78, 5) is 17.9. The quantitative estimate of drug-likeness (QED) is 0.645. The fraction of sp³-hybridized carbons (Fsp3) is 0.565. The van der Waals surface area contributed by atoms with E-state index in [1.165, 1.54) is 0 Å². The van der Waals surface area contributed by atoms with Crippen molar-refractivity contribution in [2.75, 3.05) is 39.4 Å². The first-order chi connectivity index (χ1) is 13.6. The average Bonchev–Trinajstić information content (AvgIpc) is 2.92. The zero-order valence-electron chi connectivity index (χ0n) is 17.1. The molecule has 0 N–H and O–H groups in total. The van der Waals surface area contributed by atoms with Crippen molar-refractivity contribution in [1.29, 1.82) is 5.26 Å². The third kappa shape index (κ3) is 4.29. The molecular weight excluding hydrogens is 350 g/mol. The number of unbranched alkanes of at least 4 members (excludes halogenated alkanes) is 2. The highest BCUT2D eigenvalue weighted by atomic mass is 16.5. The Morgan fingerprint density at radius 2 is 1.86 bits per heavy atom. The van der Waals surface area contributed by atoms with Crippen molar-refractivity contribution in [3.05, 3.63) is 41.5 Å². The summed E-state index contributed by atoms with van der Waals surface area (Å²) in [6.07, 6.45) is 3.09. The van der Waals surface area contributed by atoms with Crippen LogP contribution in [0.25, 0.3) is 5.70 Å². The van der Waals surface area contributed by atoms with Crippen molar-refractivity contribution in [3.63, 3.8) is 0 Å². The molecule has 1 fully saturated rings. The number of nitrogens with zero attached hydrogens (tertiary/aromatic N) is 3. The van der Waals surface area contributed by atoms with Gasteiger partial charge in [-0.05, 0) is 37.8 Å². The Morgan fingerprint density at radius 1 is 1.14 bits per heavy atom. The molecule has 1 aromatic carbocycles. The van der Waals surface area contributed by atoms with E-state index in [2.05, 4.69) is 36.9 Å². The van der Waals surface area contributed by atoms with E-state index in [1.807, 2.05) is 23.1 Å². The molecule has 1 saturated heterocycles. The molecular formula is C23H31N3O2. The Morgan fingerprint density at radius 3 is 2.54 bits per heavy atom. The zero-order valence-corrected chi connectivity index (χ0v) is 17.1. The molecule has 0 spiro atoms. The molecule has 1 unspecified atom stereocenters. The molecule has 5 nitrogen and oxygen atoms in total. The van der Waals surface area contributed by atoms with Crippen LogP contribution in [0.3, 0.4) is 0 Å². The van der Waals surface area contributed by atoms with Gasteiger partial charge < -0.3 is 9.64 Å². The predicted octanol–water partition coefficient (Wildman–Crippen LogP) is 3.68. The number of benzene rings is 1. The fourth-order valence-electron chi connectivity index (χ4n) is 4.25. The summed E-state index contributed by atoms with van der Waals surface area (Å²) in [6, 6.07) is 12.5. The van der Waals surface area contributed by atoms with E-state index in [0.29, 0.717) is 13.0 Å². The first kappa shape index (κ1) is 20.6. The number of amides is 1. The standard InChI is InChI=1S/C23H31N3O2/c1-19-21(20-9-5-3-6-10-20)26(14-13-25-15-17-28-18-16-25)22(27)23(19,2)11-7-4-8-12-24/h3,5-6,9-10H,4,7-8,11,13-18H2,1-2H3. The van der Waals surface area contributed by atoms with E-state index < -0.39 is 5.41 Å². The van der Waals surface area contributed by atoms with Crippen LogP contribution in [0.15, 0.2) is 35.9 Å². The van der Waals surface area contributed by atoms with Gasteiger partial charge in [-0.3, -0.25) is 9.69 Å². The topological polar surface area (TPSA) is 56.6 Å². The number of nitriles is 1. The lowest BCUT2D eigenvalue weighted by atomic mass is 9.78. The first-order valence-electron chi connectivity index (χ1n) is 10.3. The van der Waals surface area contributed by atoms with Crippen LogP contribution < -0.4 is 0 Å². The number of rotatable bonds is 8. The molecule has 1 amide bonds. The Bertz CT molecular complexity index is 747. The second kappa shape index (κ2) is 9.36. The van der Waals surface area contributed by atoms with Crippen LogP contribution >= 0.6 is 0 Å². The maximum atomic E-state index is 13.5. The molecule has 3 rings (SSSR count). The molecule has 0 aliphatic carbocycles. The molecule has 2 aliphatic rings. The van der Waals surface area contributed by atoms with Gasteiger partial charge >= 0.3 is 0 Å². The Hall–Kier alpha value is -2.16. The van der Waals surface area contributed by atoms with Crippen LogP contribution in [-0.4, -0.2) is 55.1 Å². The smallest absolute Gasteiger partial charge is 0.237 e. The lowest BCUT2D eigenvalue weighted by Crippen LogP contribution is -2.43. The second-order valence-corrected chi connectivity index (χ2v) is 7.95. The summed E-state index contributed by atoms with van der Waals surface area (Å²) in [7, 11) is 0. The van der Waals surface area contributed by atoms with E-state index >= 15 is 0 Å². The van der Waals surface area contributed by atoms with E-state index in [-0.39, 0.29) is 5.91 Å². The van der Waals surface area contributed by atoms with Crippen molar-refractivity contribution >= 4 is 11.6 Å². The summed E-state index contributed by atoms with van der Waals surface area (Å²) in [5.74, 6) is 0.203. The van der Waals surface area contributed by atoms with Crippen molar-refractivity contribution in [2.45, 2.75) is 39.5 Å². The minimum Gasteiger partial charge on any atom is -0.379 e. The summed E-state index contributed by atoms with van der Waals surface area (Å²) in [6.45, 7) is 9.15. The van der Waals surface area contributed by atoms with E-state index in [4.69, 9.17) is 10.00 Å². The minimum absolute atomic E-state index is 0.203. The lowest BCUT2D eigenvalue weighted by molar-refractivity contribution is -0.134. The highest BCUT2D eigenvalue weighted by Gasteiger charge is 2.46. The summed E-state index contributed by atoms with van der Waals surface area (Å²) in [5, 5.41) is 8.80. The van der Waals surface area contributed by atoms with E-state index in [1.54, 1.807) is 0 Å². The number of carbonyl (C=O) groups is 1. The van der Waals surface area contributed by atoms with Crippen LogP contribution in [0.1, 0.15) is 45.1 Å². The molecule has 0 radical (unpaired) electrons. The van der Waals surface area contributed by atoms with Crippen LogP contribution in [0.2, 0.25) is 0 Å². The van der Waals surface area contributed by atoms with Gasteiger partial charge in [0, 0.05) is 32.6 Å². The van der Waals surface area contributed by atoms with Crippen LogP contribution in [-0.2, 0) is 9.53 Å². The van der Waals surface area contributed by atoms with Gasteiger partial charge in [0.2, 0.25) is 5.91 Å². The number of hydrogen-bond acceptors (Lipinski definition) is 4. The number of carbonyl (C=O) groups excluding carboxylic acids is 1. The van der Waals surface area contributed by atoms with Gasteiger partial charge in [-0.15, -0.1) is 0 Å². The Balaban J connectivity index is 1.82. The Kier molecular flexibility index (Phi) is 6.88. The number of morpholine rings is 1. The van der Waals surface area contributed by atoms with Crippen molar-refractivity contribution in [1.82, 2.24) is 9.80 Å². The lowest BCUT2D eigenvalue weighted by Gasteiger charge is -2.31. The van der Waals surface area contributed by atoms with E-state index in [9.17, 15) is 4.79 Å².